The maximum absolute atomic E-state index is 2.35. The molecule has 1 aromatic carbocycles. The fourth-order valence-electron chi connectivity index (χ4n) is 4.39. The van der Waals surface area contributed by atoms with Crippen LogP contribution >= 0.6 is 0 Å². The van der Waals surface area contributed by atoms with Gasteiger partial charge in [0.25, 0.3) is 0 Å². The Bertz CT molecular complexity index is 427. The van der Waals surface area contributed by atoms with Crippen LogP contribution in [0.5, 0.6) is 0 Å². The number of hydrogen-bond donors (Lipinski definition) is 0. The van der Waals surface area contributed by atoms with Gasteiger partial charge in [0.05, 0.1) is 19.6 Å². The topological polar surface area (TPSA) is 0 Å². The number of rotatable bonds is 18. The Balaban J connectivity index is 0.00000729. The lowest BCUT2D eigenvalue weighted by Gasteiger charge is -2.36. The minimum absolute atomic E-state index is 0. The van der Waals surface area contributed by atoms with E-state index in [1.807, 2.05) is 0 Å². The van der Waals surface area contributed by atoms with Crippen molar-refractivity contribution in [2.45, 2.75) is 111 Å². The molecule has 2 heteroatoms. The van der Waals surface area contributed by atoms with Gasteiger partial charge in [-0.1, -0.05) is 102 Å². The summed E-state index contributed by atoms with van der Waals surface area (Å²) in [4.78, 5) is 0. The highest BCUT2D eigenvalue weighted by atomic mass is 35.5. The highest BCUT2D eigenvalue weighted by molar-refractivity contribution is 5.42. The summed E-state index contributed by atoms with van der Waals surface area (Å²) in [7, 11) is 0. The Labute approximate surface area is 183 Å². The van der Waals surface area contributed by atoms with Gasteiger partial charge < -0.3 is 12.4 Å². The van der Waals surface area contributed by atoms with Gasteiger partial charge in [0.15, 0.2) is 0 Å². The van der Waals surface area contributed by atoms with Crippen LogP contribution in [0.4, 0.5) is 5.69 Å². The zero-order valence-electron chi connectivity index (χ0n) is 19.2. The highest BCUT2D eigenvalue weighted by Gasteiger charge is 2.25. The van der Waals surface area contributed by atoms with Crippen LogP contribution in [-0.4, -0.2) is 19.6 Å². The van der Waals surface area contributed by atoms with Gasteiger partial charge in [-0.15, -0.1) is 0 Å². The fourth-order valence-corrected chi connectivity index (χ4v) is 4.39. The molecule has 0 bridgehead atoms. The third-order valence-electron chi connectivity index (χ3n) is 6.45. The van der Waals surface area contributed by atoms with Crippen LogP contribution in [0.1, 0.15) is 111 Å². The van der Waals surface area contributed by atoms with Crippen molar-refractivity contribution >= 4 is 5.69 Å². The van der Waals surface area contributed by atoms with E-state index in [-0.39, 0.29) is 12.4 Å². The van der Waals surface area contributed by atoms with E-state index in [9.17, 15) is 0 Å². The Morgan fingerprint density at radius 2 is 0.929 bits per heavy atom. The first-order chi connectivity index (χ1) is 13.3. The molecule has 0 heterocycles. The monoisotopic (exact) mass is 409 g/mol. The second-order valence-corrected chi connectivity index (χ2v) is 8.43. The number of nitrogens with zero attached hydrogens (tertiary/aromatic N) is 1. The van der Waals surface area contributed by atoms with E-state index in [1.165, 1.54) is 115 Å². The molecule has 0 amide bonds. The summed E-state index contributed by atoms with van der Waals surface area (Å²) >= 11 is 0. The molecule has 0 unspecified atom stereocenters. The minimum Gasteiger partial charge on any atom is -1.00 e. The molecule has 0 aliphatic heterocycles. The molecule has 0 aromatic heterocycles. The van der Waals surface area contributed by atoms with E-state index < -0.39 is 0 Å². The van der Waals surface area contributed by atoms with Gasteiger partial charge >= 0.3 is 0 Å². The van der Waals surface area contributed by atoms with Gasteiger partial charge in [0.2, 0.25) is 0 Å². The molecule has 0 atom stereocenters. The number of para-hydroxylation sites is 1. The molecular weight excluding hydrogens is 362 g/mol. The summed E-state index contributed by atoms with van der Waals surface area (Å²) < 4.78 is 1.15. The first-order valence-electron chi connectivity index (χ1n) is 12.2. The molecular formula is C26H48ClN. The van der Waals surface area contributed by atoms with Crippen molar-refractivity contribution in [2.24, 2.45) is 0 Å². The normalized spacial score (nSPS) is 11.4. The summed E-state index contributed by atoms with van der Waals surface area (Å²) in [5, 5.41) is 0. The fraction of sp³-hybridized carbons (Fsp3) is 0.769. The van der Waals surface area contributed by atoms with Crippen LogP contribution < -0.4 is 16.9 Å². The van der Waals surface area contributed by atoms with Crippen LogP contribution in [0, 0.1) is 0 Å². The van der Waals surface area contributed by atoms with Gasteiger partial charge in [-0.05, 0) is 38.8 Å². The molecule has 28 heavy (non-hydrogen) atoms. The summed E-state index contributed by atoms with van der Waals surface area (Å²) in [6.45, 7) is 10.7. The predicted molar refractivity (Wildman–Crippen MR) is 124 cm³/mol. The third-order valence-corrected chi connectivity index (χ3v) is 6.45. The second kappa shape index (κ2) is 18.5. The largest absolute Gasteiger partial charge is 1.00 e. The van der Waals surface area contributed by atoms with Crippen LogP contribution in [0.25, 0.3) is 0 Å². The van der Waals surface area contributed by atoms with E-state index in [4.69, 9.17) is 0 Å². The Morgan fingerprint density at radius 1 is 0.536 bits per heavy atom. The SMILES string of the molecule is CCCCCCCCCCCCCCCC[N+](CC)(CC)c1ccccc1.[Cl-]. The van der Waals surface area contributed by atoms with Gasteiger partial charge in [0, 0.05) is 0 Å². The van der Waals surface area contributed by atoms with E-state index >= 15 is 0 Å². The molecule has 0 radical (unpaired) electrons. The lowest BCUT2D eigenvalue weighted by atomic mass is 10.0. The number of halogens is 1. The molecule has 0 aliphatic carbocycles. The summed E-state index contributed by atoms with van der Waals surface area (Å²) in [5.41, 5.74) is 1.50. The van der Waals surface area contributed by atoms with Crippen LogP contribution in [0.15, 0.2) is 30.3 Å². The van der Waals surface area contributed by atoms with Crippen molar-refractivity contribution in [2.75, 3.05) is 19.6 Å². The maximum atomic E-state index is 2.35. The zero-order chi connectivity index (χ0) is 19.6. The van der Waals surface area contributed by atoms with Crippen LogP contribution in [0.2, 0.25) is 0 Å². The van der Waals surface area contributed by atoms with Crippen molar-refractivity contribution in [3.63, 3.8) is 0 Å². The number of unbranched alkanes of at least 4 members (excludes halogenated alkanes) is 13. The second-order valence-electron chi connectivity index (χ2n) is 8.43. The average Bonchev–Trinajstić information content (AvgIpc) is 2.72. The zero-order valence-corrected chi connectivity index (χ0v) is 20.0. The molecule has 0 N–H and O–H groups in total. The van der Waals surface area contributed by atoms with Gasteiger partial charge in [-0.25, -0.2) is 0 Å². The first-order valence-corrected chi connectivity index (χ1v) is 12.2. The molecule has 0 saturated heterocycles. The van der Waals surface area contributed by atoms with Crippen molar-refractivity contribution < 1.29 is 12.4 Å². The number of benzene rings is 1. The molecule has 0 spiro atoms. The Morgan fingerprint density at radius 3 is 1.32 bits per heavy atom. The standard InChI is InChI=1S/C26H48N.ClH/c1-4-7-8-9-10-11-12-13-14-15-16-17-18-22-25-27(5-2,6-3)26-23-20-19-21-24-26;/h19-21,23-24H,4-18,22,25H2,1-3H3;1H/q+1;/p-1. The Hall–Kier alpha value is -0.530. The molecule has 0 aliphatic rings. The summed E-state index contributed by atoms with van der Waals surface area (Å²) in [6, 6.07) is 11.2. The third kappa shape index (κ3) is 11.5. The average molecular weight is 410 g/mol. The highest BCUT2D eigenvalue weighted by Crippen LogP contribution is 2.24. The smallest absolute Gasteiger partial charge is 0.132 e. The van der Waals surface area contributed by atoms with Crippen LogP contribution in [0.3, 0.4) is 0 Å². The minimum atomic E-state index is 0. The summed E-state index contributed by atoms with van der Waals surface area (Å²) in [6.07, 6.45) is 20.2. The lowest BCUT2D eigenvalue weighted by Crippen LogP contribution is -3.00. The molecule has 164 valence electrons. The van der Waals surface area contributed by atoms with E-state index in [1.54, 1.807) is 0 Å². The van der Waals surface area contributed by atoms with E-state index in [0.29, 0.717) is 0 Å². The van der Waals surface area contributed by atoms with Crippen molar-refractivity contribution in [3.05, 3.63) is 30.3 Å². The van der Waals surface area contributed by atoms with Crippen molar-refractivity contribution in [3.8, 4) is 0 Å². The van der Waals surface area contributed by atoms with Gasteiger partial charge in [-0.3, -0.25) is 4.48 Å². The molecule has 1 nitrogen and oxygen atoms in total. The van der Waals surface area contributed by atoms with E-state index in [2.05, 4.69) is 51.1 Å². The van der Waals surface area contributed by atoms with Crippen molar-refractivity contribution in [1.29, 1.82) is 0 Å². The van der Waals surface area contributed by atoms with Gasteiger partial charge in [-0.2, -0.15) is 0 Å². The lowest BCUT2D eigenvalue weighted by molar-refractivity contribution is -0.00000593. The quantitative estimate of drug-likeness (QED) is 0.221. The molecule has 1 rings (SSSR count). The number of hydrogen-bond acceptors (Lipinski definition) is 0. The molecule has 0 fully saturated rings. The Kier molecular flexibility index (Phi) is 18.1. The van der Waals surface area contributed by atoms with E-state index in [0.717, 1.165) is 4.48 Å². The predicted octanol–water partition coefficient (Wildman–Crippen LogP) is 5.52. The summed E-state index contributed by atoms with van der Waals surface area (Å²) in [5.74, 6) is 0. The maximum Gasteiger partial charge on any atom is 0.132 e. The first kappa shape index (κ1) is 27.5. The van der Waals surface area contributed by atoms with Crippen molar-refractivity contribution in [1.82, 2.24) is 4.48 Å². The van der Waals surface area contributed by atoms with Crippen LogP contribution in [-0.2, 0) is 0 Å². The number of quaternary nitrogens is 1. The van der Waals surface area contributed by atoms with Gasteiger partial charge in [0.1, 0.15) is 5.69 Å². The molecule has 1 aromatic rings. The molecule has 0 saturated carbocycles.